The molecule has 2 N–H and O–H groups in total. The maximum absolute atomic E-state index is 9.64. The van der Waals surface area contributed by atoms with Crippen LogP contribution in [-0.2, 0) is 0 Å². The molecule has 204 valence electrons. The Bertz CT molecular complexity index is 1060. The minimum absolute atomic E-state index is 0.00661. The Labute approximate surface area is 234 Å². The molecule has 37 heavy (non-hydrogen) atoms. The van der Waals surface area contributed by atoms with Gasteiger partial charge in [-0.05, 0) is 76.2 Å². The van der Waals surface area contributed by atoms with Crippen molar-refractivity contribution in [2.45, 2.75) is 87.0 Å². The molecule has 2 aliphatic rings. The number of aliphatic hydroxyl groups is 2. The molecule has 0 saturated carbocycles. The Hall–Kier alpha value is -1.20. The van der Waals surface area contributed by atoms with Gasteiger partial charge < -0.3 is 10.2 Å². The van der Waals surface area contributed by atoms with E-state index < -0.39 is 0 Å². The summed E-state index contributed by atoms with van der Waals surface area (Å²) in [6.45, 7) is 16.0. The summed E-state index contributed by atoms with van der Waals surface area (Å²) in [4.78, 5) is 5.61. The van der Waals surface area contributed by atoms with Gasteiger partial charge in [-0.25, -0.2) is 0 Å². The molecule has 2 heterocycles. The Morgan fingerprint density at radius 2 is 1.27 bits per heavy atom. The highest BCUT2D eigenvalue weighted by molar-refractivity contribution is 8.12. The van der Waals surface area contributed by atoms with Crippen molar-refractivity contribution in [2.24, 2.45) is 22.2 Å². The molecule has 2 nitrogen and oxygen atoms in total. The lowest BCUT2D eigenvalue weighted by Crippen LogP contribution is -2.16. The van der Waals surface area contributed by atoms with Gasteiger partial charge in [-0.2, -0.15) is 0 Å². The van der Waals surface area contributed by atoms with Crippen molar-refractivity contribution in [3.63, 3.8) is 0 Å². The number of allylic oxidation sites excluding steroid dienone is 6. The van der Waals surface area contributed by atoms with E-state index in [2.05, 4.69) is 97.0 Å². The predicted octanol–water partition coefficient (Wildman–Crippen LogP) is 9.67. The van der Waals surface area contributed by atoms with Crippen molar-refractivity contribution >= 4 is 33.3 Å². The second kappa shape index (κ2) is 12.8. The Kier molecular flexibility index (Phi) is 10.5. The van der Waals surface area contributed by atoms with Gasteiger partial charge in [0.25, 0.3) is 0 Å². The van der Waals surface area contributed by atoms with Gasteiger partial charge in [0, 0.05) is 28.4 Å². The molecule has 0 amide bonds. The van der Waals surface area contributed by atoms with Crippen LogP contribution < -0.4 is 0 Å². The molecular weight excluding hydrogens is 492 g/mol. The summed E-state index contributed by atoms with van der Waals surface area (Å²) in [7, 11) is 0. The zero-order chi connectivity index (χ0) is 27.3. The molecule has 4 heteroatoms. The number of benzene rings is 1. The van der Waals surface area contributed by atoms with Crippen LogP contribution in [0.2, 0.25) is 0 Å². The second-order valence-corrected chi connectivity index (χ2v) is 15.4. The largest absolute Gasteiger partial charge is 0.396 e. The maximum Gasteiger partial charge on any atom is 0.0482 e. The first-order valence-electron chi connectivity index (χ1n) is 13.9. The second-order valence-electron chi connectivity index (χ2n) is 13.1. The van der Waals surface area contributed by atoms with E-state index >= 15 is 0 Å². The fourth-order valence-electron chi connectivity index (χ4n) is 4.87. The molecule has 1 aromatic rings. The lowest BCUT2D eigenvalue weighted by molar-refractivity contribution is 0.148. The smallest absolute Gasteiger partial charge is 0.0482 e. The highest BCUT2D eigenvalue weighted by Gasteiger charge is 2.26. The molecule has 1 atom stereocenters. The van der Waals surface area contributed by atoms with Crippen LogP contribution >= 0.6 is 23.5 Å². The first kappa shape index (κ1) is 30.3. The van der Waals surface area contributed by atoms with Crippen LogP contribution in [0.4, 0.5) is 0 Å². The van der Waals surface area contributed by atoms with E-state index in [1.54, 1.807) is 0 Å². The Morgan fingerprint density at radius 3 is 1.84 bits per heavy atom. The monoisotopic (exact) mass is 540 g/mol. The number of thioether (sulfide) groups is 2. The Balaban J connectivity index is 1.76. The van der Waals surface area contributed by atoms with E-state index in [0.29, 0.717) is 5.92 Å². The van der Waals surface area contributed by atoms with Crippen molar-refractivity contribution in [1.82, 2.24) is 0 Å². The van der Waals surface area contributed by atoms with E-state index in [1.807, 2.05) is 23.5 Å². The molecule has 0 aliphatic carbocycles. The summed E-state index contributed by atoms with van der Waals surface area (Å²) in [5.41, 5.74) is 2.66. The van der Waals surface area contributed by atoms with E-state index in [1.165, 1.54) is 30.7 Å². The van der Waals surface area contributed by atoms with E-state index in [9.17, 15) is 10.2 Å². The zero-order valence-electron chi connectivity index (χ0n) is 24.1. The molecule has 0 saturated heterocycles. The van der Waals surface area contributed by atoms with Crippen molar-refractivity contribution in [3.8, 4) is 0 Å². The quantitative estimate of drug-likeness (QED) is 0.277. The first-order chi connectivity index (χ1) is 17.3. The number of aliphatic hydroxyl groups excluding tert-OH is 2. The number of hydrogen-bond donors (Lipinski definition) is 2. The van der Waals surface area contributed by atoms with Crippen LogP contribution in [0.5, 0.6) is 0 Å². The van der Waals surface area contributed by atoms with Crippen LogP contribution in [0.1, 0.15) is 98.1 Å². The number of rotatable bonds is 12. The van der Waals surface area contributed by atoms with Gasteiger partial charge in [0.05, 0.1) is 0 Å². The highest BCUT2D eigenvalue weighted by Crippen LogP contribution is 2.49. The summed E-state index contributed by atoms with van der Waals surface area (Å²) in [5, 5.41) is 19.3. The molecule has 1 aromatic carbocycles. The third-order valence-corrected chi connectivity index (χ3v) is 9.57. The molecule has 0 bridgehead atoms. The van der Waals surface area contributed by atoms with Crippen molar-refractivity contribution in [3.05, 3.63) is 69.5 Å². The molecule has 3 rings (SSSR count). The van der Waals surface area contributed by atoms with E-state index in [0.717, 1.165) is 38.5 Å². The van der Waals surface area contributed by atoms with Gasteiger partial charge in [-0.1, -0.05) is 121 Å². The fourth-order valence-corrected chi connectivity index (χ4v) is 7.80. The standard InChI is InChI=1S/C33H48O2S2/c1-24-18-25(12-10-16-31(2,3)22-34)36-29(19-24)27-14-8-9-15-28(27)30-21-33(6,7)20-26(37-30)13-11-17-32(4,5)23-35/h8-9,14-15,18-21,24,34-35H,10-13,16-17,22-23H2,1-7H3. The van der Waals surface area contributed by atoms with Crippen molar-refractivity contribution in [1.29, 1.82) is 0 Å². The Morgan fingerprint density at radius 1 is 0.757 bits per heavy atom. The third-order valence-electron chi connectivity index (χ3n) is 7.25. The van der Waals surface area contributed by atoms with Crippen LogP contribution in [0.3, 0.4) is 0 Å². The van der Waals surface area contributed by atoms with Gasteiger partial charge in [-0.15, -0.1) is 0 Å². The van der Waals surface area contributed by atoms with Gasteiger partial charge in [0.2, 0.25) is 0 Å². The summed E-state index contributed by atoms with van der Waals surface area (Å²) in [6, 6.07) is 8.91. The molecule has 0 fully saturated rings. The molecule has 1 unspecified atom stereocenters. The van der Waals surface area contributed by atoms with Crippen LogP contribution in [0.15, 0.2) is 58.4 Å². The first-order valence-corrected chi connectivity index (χ1v) is 15.5. The molecule has 0 aromatic heterocycles. The van der Waals surface area contributed by atoms with Gasteiger partial charge >= 0.3 is 0 Å². The zero-order valence-corrected chi connectivity index (χ0v) is 25.7. The van der Waals surface area contributed by atoms with E-state index in [-0.39, 0.29) is 29.5 Å². The normalized spacial score (nSPS) is 20.2. The van der Waals surface area contributed by atoms with Crippen LogP contribution in [-0.4, -0.2) is 23.4 Å². The molecule has 2 aliphatic heterocycles. The maximum atomic E-state index is 9.64. The number of hydrogen-bond acceptors (Lipinski definition) is 4. The molecular formula is C33H48O2S2. The lowest BCUT2D eigenvalue weighted by Gasteiger charge is -2.29. The van der Waals surface area contributed by atoms with Gasteiger partial charge in [-0.3, -0.25) is 0 Å². The van der Waals surface area contributed by atoms with Crippen LogP contribution in [0.25, 0.3) is 9.81 Å². The SMILES string of the molecule is CC1C=C(CCCC(C)(C)CO)SC(c2ccccc2C2=CC(C)(C)C=C(CCCC(C)(C)CO)S2)=C1. The fraction of sp³-hybridized carbons (Fsp3) is 0.576. The molecule has 0 spiro atoms. The summed E-state index contributed by atoms with van der Waals surface area (Å²) in [6.07, 6.45) is 16.1. The minimum atomic E-state index is -0.0128. The highest BCUT2D eigenvalue weighted by atomic mass is 32.2. The van der Waals surface area contributed by atoms with Crippen molar-refractivity contribution in [2.75, 3.05) is 13.2 Å². The molecule has 0 radical (unpaired) electrons. The average molecular weight is 541 g/mol. The minimum Gasteiger partial charge on any atom is -0.396 e. The third kappa shape index (κ3) is 9.20. The lowest BCUT2D eigenvalue weighted by atomic mass is 9.87. The van der Waals surface area contributed by atoms with Gasteiger partial charge in [0.1, 0.15) is 0 Å². The van der Waals surface area contributed by atoms with Crippen molar-refractivity contribution < 1.29 is 10.2 Å². The average Bonchev–Trinajstić information content (AvgIpc) is 2.82. The summed E-state index contributed by atoms with van der Waals surface area (Å²) < 4.78 is 0. The van der Waals surface area contributed by atoms with Crippen LogP contribution in [0, 0.1) is 22.2 Å². The summed E-state index contributed by atoms with van der Waals surface area (Å²) >= 11 is 3.86. The predicted molar refractivity (Wildman–Crippen MR) is 166 cm³/mol. The van der Waals surface area contributed by atoms with Gasteiger partial charge in [0.15, 0.2) is 0 Å². The van der Waals surface area contributed by atoms with E-state index in [4.69, 9.17) is 0 Å². The topological polar surface area (TPSA) is 40.5 Å². The summed E-state index contributed by atoms with van der Waals surface area (Å²) in [5.74, 6) is 0.417.